The van der Waals surface area contributed by atoms with Crippen LogP contribution in [0.3, 0.4) is 0 Å². The fourth-order valence-corrected chi connectivity index (χ4v) is 3.17. The van der Waals surface area contributed by atoms with Crippen LogP contribution in [0.15, 0.2) is 53.0 Å². The van der Waals surface area contributed by atoms with Gasteiger partial charge in [0.25, 0.3) is 0 Å². The molecule has 0 saturated heterocycles. The molecule has 0 saturated carbocycles. The monoisotopic (exact) mass is 326 g/mol. The second-order valence-electron chi connectivity index (χ2n) is 5.24. The first kappa shape index (κ1) is 13.2. The Labute approximate surface area is 127 Å². The van der Waals surface area contributed by atoms with E-state index in [1.54, 1.807) is 0 Å². The summed E-state index contributed by atoms with van der Waals surface area (Å²) in [6.07, 6.45) is 2.53. The standard InChI is InChI=1S/C17H15BrN2/c18-15-7-3-4-8-16(15)20-17(12-19)10-9-13-5-1-2-6-14(13)11-17/h1-8,20H,9-11H2. The van der Waals surface area contributed by atoms with E-state index in [1.807, 2.05) is 30.3 Å². The lowest BCUT2D eigenvalue weighted by Crippen LogP contribution is -2.42. The van der Waals surface area contributed by atoms with E-state index in [0.717, 1.165) is 29.4 Å². The molecule has 0 heterocycles. The molecule has 2 aromatic rings. The topological polar surface area (TPSA) is 35.8 Å². The zero-order valence-electron chi connectivity index (χ0n) is 11.1. The summed E-state index contributed by atoms with van der Waals surface area (Å²) in [6, 6.07) is 18.9. The molecule has 0 radical (unpaired) electrons. The van der Waals surface area contributed by atoms with Crippen LogP contribution in [0.25, 0.3) is 0 Å². The minimum absolute atomic E-state index is 0.516. The molecule has 0 amide bonds. The molecule has 2 nitrogen and oxygen atoms in total. The number of anilines is 1. The van der Waals surface area contributed by atoms with Gasteiger partial charge in [-0.3, -0.25) is 0 Å². The van der Waals surface area contributed by atoms with Crippen molar-refractivity contribution in [3.63, 3.8) is 0 Å². The van der Waals surface area contributed by atoms with E-state index in [-0.39, 0.29) is 0 Å². The molecule has 1 N–H and O–H groups in total. The maximum atomic E-state index is 9.69. The number of aryl methyl sites for hydroxylation is 1. The Bertz CT molecular complexity index is 675. The zero-order valence-corrected chi connectivity index (χ0v) is 12.7. The van der Waals surface area contributed by atoms with Crippen molar-refractivity contribution in [3.8, 4) is 6.07 Å². The molecule has 1 aliphatic carbocycles. The highest BCUT2D eigenvalue weighted by Crippen LogP contribution is 2.33. The molecule has 1 aliphatic rings. The van der Waals surface area contributed by atoms with Gasteiger partial charge in [0.05, 0.1) is 6.07 Å². The lowest BCUT2D eigenvalue weighted by molar-refractivity contribution is 0.506. The number of halogens is 1. The number of hydrogen-bond donors (Lipinski definition) is 1. The molecule has 1 atom stereocenters. The average molecular weight is 327 g/mol. The first-order valence-corrected chi connectivity index (χ1v) is 7.52. The third-order valence-electron chi connectivity index (χ3n) is 3.89. The quantitative estimate of drug-likeness (QED) is 0.892. The minimum Gasteiger partial charge on any atom is -0.366 e. The van der Waals surface area contributed by atoms with Crippen LogP contribution < -0.4 is 5.32 Å². The number of benzene rings is 2. The lowest BCUT2D eigenvalue weighted by Gasteiger charge is -2.34. The van der Waals surface area contributed by atoms with Crippen LogP contribution in [0.4, 0.5) is 5.69 Å². The molecule has 3 heteroatoms. The van der Waals surface area contributed by atoms with Gasteiger partial charge in [-0.2, -0.15) is 5.26 Å². The summed E-state index contributed by atoms with van der Waals surface area (Å²) in [5, 5.41) is 13.1. The molecule has 0 aromatic heterocycles. The van der Waals surface area contributed by atoms with Crippen molar-refractivity contribution in [3.05, 3.63) is 64.1 Å². The smallest absolute Gasteiger partial charge is 0.129 e. The van der Waals surface area contributed by atoms with Gasteiger partial charge in [-0.15, -0.1) is 0 Å². The molecule has 1 unspecified atom stereocenters. The van der Waals surface area contributed by atoms with Gasteiger partial charge < -0.3 is 5.32 Å². The number of nitriles is 1. The van der Waals surface area contributed by atoms with Crippen molar-refractivity contribution in [1.82, 2.24) is 0 Å². The Balaban J connectivity index is 1.91. The van der Waals surface area contributed by atoms with Crippen LogP contribution in [-0.2, 0) is 12.8 Å². The van der Waals surface area contributed by atoms with E-state index in [9.17, 15) is 5.26 Å². The summed E-state index contributed by atoms with van der Waals surface area (Å²) in [6.45, 7) is 0. The second kappa shape index (κ2) is 5.30. The summed E-state index contributed by atoms with van der Waals surface area (Å²) >= 11 is 3.54. The van der Waals surface area contributed by atoms with Crippen molar-refractivity contribution < 1.29 is 0 Å². The first-order chi connectivity index (χ1) is 9.72. The normalized spacial score (nSPS) is 20.8. The van der Waals surface area contributed by atoms with Crippen LogP contribution in [0.1, 0.15) is 17.5 Å². The Kier molecular flexibility index (Phi) is 3.50. The van der Waals surface area contributed by atoms with Gasteiger partial charge in [0.1, 0.15) is 5.54 Å². The Morgan fingerprint density at radius 3 is 2.50 bits per heavy atom. The number of fused-ring (bicyclic) bond motifs is 1. The van der Waals surface area contributed by atoms with Crippen molar-refractivity contribution in [2.45, 2.75) is 24.8 Å². The van der Waals surface area contributed by atoms with Crippen LogP contribution in [0, 0.1) is 11.3 Å². The summed E-state index contributed by atoms with van der Waals surface area (Å²) in [7, 11) is 0. The van der Waals surface area contributed by atoms with E-state index < -0.39 is 5.54 Å². The molecule has 2 aromatic carbocycles. The Morgan fingerprint density at radius 1 is 1.05 bits per heavy atom. The van der Waals surface area contributed by atoms with Crippen molar-refractivity contribution in [1.29, 1.82) is 5.26 Å². The third-order valence-corrected chi connectivity index (χ3v) is 4.59. The fourth-order valence-electron chi connectivity index (χ4n) is 2.79. The highest BCUT2D eigenvalue weighted by molar-refractivity contribution is 9.10. The summed E-state index contributed by atoms with van der Waals surface area (Å²) in [5.74, 6) is 0. The van der Waals surface area contributed by atoms with Gasteiger partial charge in [0, 0.05) is 16.6 Å². The van der Waals surface area contributed by atoms with Gasteiger partial charge in [0.15, 0.2) is 0 Å². The summed E-state index contributed by atoms with van der Waals surface area (Å²) < 4.78 is 0.994. The highest BCUT2D eigenvalue weighted by atomic mass is 79.9. The lowest BCUT2D eigenvalue weighted by atomic mass is 9.78. The Morgan fingerprint density at radius 2 is 1.75 bits per heavy atom. The molecular weight excluding hydrogens is 312 g/mol. The average Bonchev–Trinajstić information content (AvgIpc) is 2.49. The zero-order chi connectivity index (χ0) is 14.0. The second-order valence-corrected chi connectivity index (χ2v) is 6.10. The van der Waals surface area contributed by atoms with E-state index in [2.05, 4.69) is 45.5 Å². The van der Waals surface area contributed by atoms with E-state index >= 15 is 0 Å². The van der Waals surface area contributed by atoms with Gasteiger partial charge in [0.2, 0.25) is 0 Å². The van der Waals surface area contributed by atoms with Crippen LogP contribution in [0.5, 0.6) is 0 Å². The number of para-hydroxylation sites is 1. The maximum Gasteiger partial charge on any atom is 0.129 e. The summed E-state index contributed by atoms with van der Waals surface area (Å²) in [5.41, 5.74) is 3.11. The number of hydrogen-bond acceptors (Lipinski definition) is 2. The number of nitrogens with zero attached hydrogens (tertiary/aromatic N) is 1. The van der Waals surface area contributed by atoms with Crippen molar-refractivity contribution in [2.24, 2.45) is 0 Å². The van der Waals surface area contributed by atoms with E-state index in [1.165, 1.54) is 11.1 Å². The molecule has 0 bridgehead atoms. The van der Waals surface area contributed by atoms with Crippen LogP contribution in [0.2, 0.25) is 0 Å². The number of nitrogens with one attached hydrogen (secondary N) is 1. The molecule has 3 rings (SSSR count). The largest absolute Gasteiger partial charge is 0.366 e. The first-order valence-electron chi connectivity index (χ1n) is 6.73. The molecule has 100 valence electrons. The van der Waals surface area contributed by atoms with Gasteiger partial charge in [-0.05, 0) is 52.0 Å². The molecule has 20 heavy (non-hydrogen) atoms. The predicted molar refractivity (Wildman–Crippen MR) is 84.6 cm³/mol. The predicted octanol–water partition coefficient (Wildman–Crippen LogP) is 4.31. The van der Waals surface area contributed by atoms with Crippen LogP contribution in [-0.4, -0.2) is 5.54 Å². The molecule has 0 fully saturated rings. The molecular formula is C17H15BrN2. The third kappa shape index (κ3) is 2.44. The van der Waals surface area contributed by atoms with E-state index in [4.69, 9.17) is 0 Å². The van der Waals surface area contributed by atoms with Gasteiger partial charge >= 0.3 is 0 Å². The molecule has 0 spiro atoms. The van der Waals surface area contributed by atoms with Crippen molar-refractivity contribution in [2.75, 3.05) is 5.32 Å². The number of rotatable bonds is 2. The van der Waals surface area contributed by atoms with Crippen LogP contribution >= 0.6 is 15.9 Å². The molecule has 0 aliphatic heterocycles. The fraction of sp³-hybridized carbons (Fsp3) is 0.235. The summed E-state index contributed by atoms with van der Waals surface area (Å²) in [4.78, 5) is 0. The maximum absolute atomic E-state index is 9.69. The Hall–Kier alpha value is -1.79. The van der Waals surface area contributed by atoms with Gasteiger partial charge in [-0.1, -0.05) is 36.4 Å². The van der Waals surface area contributed by atoms with Gasteiger partial charge in [-0.25, -0.2) is 0 Å². The van der Waals surface area contributed by atoms with Crippen molar-refractivity contribution >= 4 is 21.6 Å². The highest BCUT2D eigenvalue weighted by Gasteiger charge is 2.34. The minimum atomic E-state index is -0.516. The SMILES string of the molecule is N#CC1(Nc2ccccc2Br)CCc2ccccc2C1. The van der Waals surface area contributed by atoms with E-state index in [0.29, 0.717) is 0 Å².